The van der Waals surface area contributed by atoms with Crippen LogP contribution < -0.4 is 10.9 Å². The second-order valence-corrected chi connectivity index (χ2v) is 8.83. The first-order chi connectivity index (χ1) is 13.5. The van der Waals surface area contributed by atoms with Gasteiger partial charge < -0.3 is 5.32 Å². The van der Waals surface area contributed by atoms with Crippen LogP contribution in [0.4, 0.5) is 0 Å². The number of hydrogen-bond donors (Lipinski definition) is 1. The summed E-state index contributed by atoms with van der Waals surface area (Å²) in [5.74, 6) is 0.927. The molecule has 3 rings (SSSR count). The summed E-state index contributed by atoms with van der Waals surface area (Å²) in [6.07, 6.45) is 3.00. The quantitative estimate of drug-likeness (QED) is 0.652. The molecule has 28 heavy (non-hydrogen) atoms. The summed E-state index contributed by atoms with van der Waals surface area (Å²) in [5, 5.41) is 5.24. The SMILES string of the molecule is CCCC(c1nc2ccc(CCBr)cc2c(=O)n1CC)N1C[C@@H](C)N[C@@H](C)C1. The average molecular weight is 449 g/mol. The van der Waals surface area contributed by atoms with Crippen molar-refractivity contribution < 1.29 is 0 Å². The fourth-order valence-corrected chi connectivity index (χ4v) is 4.94. The van der Waals surface area contributed by atoms with E-state index in [4.69, 9.17) is 4.98 Å². The van der Waals surface area contributed by atoms with Gasteiger partial charge in [0.05, 0.1) is 16.9 Å². The summed E-state index contributed by atoms with van der Waals surface area (Å²) in [6, 6.07) is 7.20. The van der Waals surface area contributed by atoms with Crippen molar-refractivity contribution in [3.05, 3.63) is 39.9 Å². The molecule has 0 aliphatic carbocycles. The number of halogens is 1. The maximum atomic E-state index is 13.3. The average Bonchev–Trinajstić information content (AvgIpc) is 2.66. The molecule has 3 atom stereocenters. The molecule has 0 radical (unpaired) electrons. The van der Waals surface area contributed by atoms with Gasteiger partial charge in [-0.1, -0.05) is 35.3 Å². The zero-order valence-electron chi connectivity index (χ0n) is 17.5. The van der Waals surface area contributed by atoms with Gasteiger partial charge in [0.15, 0.2) is 0 Å². The zero-order valence-corrected chi connectivity index (χ0v) is 19.1. The van der Waals surface area contributed by atoms with Gasteiger partial charge in [-0.3, -0.25) is 14.3 Å². The fourth-order valence-electron chi connectivity index (χ4n) is 4.48. The Balaban J connectivity index is 2.10. The Hall–Kier alpha value is -1.24. The van der Waals surface area contributed by atoms with Crippen LogP contribution in [0.2, 0.25) is 0 Å². The van der Waals surface area contributed by atoms with Crippen LogP contribution in [0.15, 0.2) is 23.0 Å². The molecule has 2 aromatic rings. The number of aryl methyl sites for hydroxylation is 1. The topological polar surface area (TPSA) is 50.2 Å². The summed E-state index contributed by atoms with van der Waals surface area (Å²) in [5.41, 5.74) is 2.09. The number of rotatable bonds is 7. The number of alkyl halides is 1. The molecule has 0 saturated carbocycles. The Morgan fingerprint density at radius 3 is 2.57 bits per heavy atom. The Morgan fingerprint density at radius 1 is 1.25 bits per heavy atom. The second kappa shape index (κ2) is 9.51. The molecule has 0 bridgehead atoms. The number of nitrogens with zero attached hydrogens (tertiary/aromatic N) is 3. The predicted octanol–water partition coefficient (Wildman–Crippen LogP) is 3.88. The maximum Gasteiger partial charge on any atom is 0.261 e. The lowest BCUT2D eigenvalue weighted by Crippen LogP contribution is -2.55. The molecule has 0 amide bonds. The van der Waals surface area contributed by atoms with Crippen molar-refractivity contribution in [2.75, 3.05) is 18.4 Å². The van der Waals surface area contributed by atoms with E-state index in [0.29, 0.717) is 18.6 Å². The van der Waals surface area contributed by atoms with E-state index in [9.17, 15) is 4.79 Å². The highest BCUT2D eigenvalue weighted by atomic mass is 79.9. The second-order valence-electron chi connectivity index (χ2n) is 8.04. The standard InChI is InChI=1S/C22H33BrN4O/c1-5-7-20(26-13-15(3)24-16(4)14-26)21-25-19-9-8-17(10-11-23)12-18(19)22(28)27(21)6-2/h8-9,12,15-16,20,24H,5-7,10-11,13-14H2,1-4H3/t15-,16+,20?. The summed E-state index contributed by atoms with van der Waals surface area (Å²) in [4.78, 5) is 20.9. The van der Waals surface area contributed by atoms with Gasteiger partial charge in [-0.05, 0) is 51.3 Å². The van der Waals surface area contributed by atoms with E-state index in [-0.39, 0.29) is 11.6 Å². The monoisotopic (exact) mass is 448 g/mol. The summed E-state index contributed by atoms with van der Waals surface area (Å²) >= 11 is 3.49. The summed E-state index contributed by atoms with van der Waals surface area (Å²) in [6.45, 7) is 11.3. The smallest absolute Gasteiger partial charge is 0.261 e. The number of piperazine rings is 1. The lowest BCUT2D eigenvalue weighted by molar-refractivity contribution is 0.109. The molecular formula is C22H33BrN4O. The lowest BCUT2D eigenvalue weighted by atomic mass is 10.0. The molecule has 1 unspecified atom stereocenters. The lowest BCUT2D eigenvalue weighted by Gasteiger charge is -2.41. The Kier molecular flexibility index (Phi) is 7.29. The molecule has 154 valence electrons. The van der Waals surface area contributed by atoms with E-state index in [2.05, 4.69) is 53.0 Å². The van der Waals surface area contributed by atoms with Gasteiger partial charge in [-0.25, -0.2) is 4.98 Å². The molecule has 6 heteroatoms. The molecule has 1 aliphatic heterocycles. The molecule has 1 aliphatic rings. The van der Waals surface area contributed by atoms with Crippen molar-refractivity contribution in [2.45, 2.75) is 71.6 Å². The number of benzene rings is 1. The Bertz CT molecular complexity index is 855. The molecular weight excluding hydrogens is 416 g/mol. The largest absolute Gasteiger partial charge is 0.309 e. The first-order valence-corrected chi connectivity index (χ1v) is 11.7. The number of nitrogens with one attached hydrogen (secondary N) is 1. The first kappa shape index (κ1) is 21.5. The van der Waals surface area contributed by atoms with E-state index in [1.807, 2.05) is 23.6 Å². The molecule has 0 spiro atoms. The number of aromatic nitrogens is 2. The van der Waals surface area contributed by atoms with Crippen LogP contribution in [0.25, 0.3) is 10.9 Å². The minimum atomic E-state index is 0.0938. The van der Waals surface area contributed by atoms with Gasteiger partial charge in [-0.2, -0.15) is 0 Å². The molecule has 2 heterocycles. The van der Waals surface area contributed by atoms with Crippen molar-refractivity contribution >= 4 is 26.8 Å². The van der Waals surface area contributed by atoms with Gasteiger partial charge in [0.1, 0.15) is 5.82 Å². The van der Waals surface area contributed by atoms with Crippen LogP contribution >= 0.6 is 15.9 Å². The maximum absolute atomic E-state index is 13.3. The normalized spacial score (nSPS) is 21.9. The molecule has 1 saturated heterocycles. The molecule has 1 fully saturated rings. The molecule has 1 aromatic carbocycles. The van der Waals surface area contributed by atoms with Crippen LogP contribution in [-0.4, -0.2) is 45.0 Å². The van der Waals surface area contributed by atoms with Gasteiger partial charge in [-0.15, -0.1) is 0 Å². The third-order valence-corrected chi connectivity index (χ3v) is 6.03. The zero-order chi connectivity index (χ0) is 20.3. The van der Waals surface area contributed by atoms with Crippen LogP contribution in [0.3, 0.4) is 0 Å². The van der Waals surface area contributed by atoms with E-state index in [1.54, 1.807) is 0 Å². The first-order valence-electron chi connectivity index (χ1n) is 10.6. The number of fused-ring (bicyclic) bond motifs is 1. The summed E-state index contributed by atoms with van der Waals surface area (Å²) < 4.78 is 1.90. The van der Waals surface area contributed by atoms with Crippen LogP contribution in [-0.2, 0) is 13.0 Å². The molecule has 1 N–H and O–H groups in total. The van der Waals surface area contributed by atoms with Crippen molar-refractivity contribution in [1.82, 2.24) is 19.8 Å². The van der Waals surface area contributed by atoms with Crippen molar-refractivity contribution in [3.8, 4) is 0 Å². The van der Waals surface area contributed by atoms with Crippen LogP contribution in [0.5, 0.6) is 0 Å². The molecule has 5 nitrogen and oxygen atoms in total. The van der Waals surface area contributed by atoms with E-state index in [1.165, 1.54) is 5.56 Å². The van der Waals surface area contributed by atoms with E-state index < -0.39 is 0 Å². The third kappa shape index (κ3) is 4.50. The van der Waals surface area contributed by atoms with Gasteiger partial charge in [0, 0.05) is 37.0 Å². The highest BCUT2D eigenvalue weighted by molar-refractivity contribution is 9.09. The number of hydrogen-bond acceptors (Lipinski definition) is 4. The Labute approximate surface area is 176 Å². The predicted molar refractivity (Wildman–Crippen MR) is 120 cm³/mol. The van der Waals surface area contributed by atoms with E-state index in [0.717, 1.165) is 54.4 Å². The van der Waals surface area contributed by atoms with Crippen molar-refractivity contribution in [2.24, 2.45) is 0 Å². The third-order valence-electron chi connectivity index (χ3n) is 5.63. The van der Waals surface area contributed by atoms with Gasteiger partial charge >= 0.3 is 0 Å². The highest BCUT2D eigenvalue weighted by Crippen LogP contribution is 2.27. The minimum absolute atomic E-state index is 0.0938. The van der Waals surface area contributed by atoms with Crippen LogP contribution in [0, 0.1) is 0 Å². The van der Waals surface area contributed by atoms with Crippen LogP contribution in [0.1, 0.15) is 58.0 Å². The van der Waals surface area contributed by atoms with Crippen molar-refractivity contribution in [3.63, 3.8) is 0 Å². The van der Waals surface area contributed by atoms with Crippen molar-refractivity contribution in [1.29, 1.82) is 0 Å². The minimum Gasteiger partial charge on any atom is -0.309 e. The highest BCUT2D eigenvalue weighted by Gasteiger charge is 2.30. The van der Waals surface area contributed by atoms with Gasteiger partial charge in [0.2, 0.25) is 0 Å². The fraction of sp³-hybridized carbons (Fsp3) is 0.636. The molecule has 1 aromatic heterocycles. The Morgan fingerprint density at radius 2 is 1.96 bits per heavy atom. The summed E-state index contributed by atoms with van der Waals surface area (Å²) in [7, 11) is 0. The van der Waals surface area contributed by atoms with E-state index >= 15 is 0 Å². The van der Waals surface area contributed by atoms with Gasteiger partial charge in [0.25, 0.3) is 5.56 Å².